The van der Waals surface area contributed by atoms with Gasteiger partial charge in [-0.1, -0.05) is 18.2 Å². The highest BCUT2D eigenvalue weighted by atomic mass is 16.5. The fraction of sp³-hybridized carbons (Fsp3) is 0.278. The number of rotatable bonds is 8. The van der Waals surface area contributed by atoms with Gasteiger partial charge in [-0.05, 0) is 41.8 Å². The van der Waals surface area contributed by atoms with Crippen molar-refractivity contribution < 1.29 is 19.0 Å². The first-order valence-electron chi connectivity index (χ1n) is 7.26. The minimum absolute atomic E-state index is 0.128. The van der Waals surface area contributed by atoms with Gasteiger partial charge in [-0.15, -0.1) is 0 Å². The minimum Gasteiger partial charge on any atom is -0.497 e. The zero-order chi connectivity index (χ0) is 16.7. The molecule has 2 aromatic carbocycles. The highest BCUT2D eigenvalue weighted by Crippen LogP contribution is 2.29. The van der Waals surface area contributed by atoms with Crippen LogP contribution >= 0.6 is 0 Å². The summed E-state index contributed by atoms with van der Waals surface area (Å²) in [6.07, 6.45) is 1.36. The SMILES string of the molecule is COc1ccc(C(Cc2ccc(OC)c(OC)c2)NC=O)cc1. The van der Waals surface area contributed by atoms with Gasteiger partial charge in [0.2, 0.25) is 6.41 Å². The third kappa shape index (κ3) is 4.16. The Bertz CT molecular complexity index is 640. The Kier molecular flexibility index (Phi) is 5.86. The number of amides is 1. The number of carbonyl (C=O) groups is 1. The molecule has 0 aromatic heterocycles. The predicted molar refractivity (Wildman–Crippen MR) is 88.2 cm³/mol. The van der Waals surface area contributed by atoms with Crippen LogP contribution in [0.3, 0.4) is 0 Å². The first-order chi connectivity index (χ1) is 11.2. The van der Waals surface area contributed by atoms with Crippen molar-refractivity contribution in [3.63, 3.8) is 0 Å². The van der Waals surface area contributed by atoms with E-state index in [9.17, 15) is 4.79 Å². The first-order valence-corrected chi connectivity index (χ1v) is 7.26. The summed E-state index contributed by atoms with van der Waals surface area (Å²) in [4.78, 5) is 10.9. The van der Waals surface area contributed by atoms with Crippen molar-refractivity contribution in [3.05, 3.63) is 53.6 Å². The summed E-state index contributed by atoms with van der Waals surface area (Å²) in [5.41, 5.74) is 2.05. The molecule has 1 atom stereocenters. The highest BCUT2D eigenvalue weighted by Gasteiger charge is 2.13. The van der Waals surface area contributed by atoms with Gasteiger partial charge in [-0.25, -0.2) is 0 Å². The Hall–Kier alpha value is -2.69. The molecule has 5 nitrogen and oxygen atoms in total. The average molecular weight is 315 g/mol. The molecule has 0 radical (unpaired) electrons. The fourth-order valence-corrected chi connectivity index (χ4v) is 2.43. The van der Waals surface area contributed by atoms with Gasteiger partial charge in [-0.3, -0.25) is 4.79 Å². The molecule has 2 aromatic rings. The van der Waals surface area contributed by atoms with Crippen LogP contribution in [-0.2, 0) is 11.2 Å². The van der Waals surface area contributed by atoms with Crippen molar-refractivity contribution in [1.29, 1.82) is 0 Å². The maximum atomic E-state index is 10.9. The quantitative estimate of drug-likeness (QED) is 0.761. The van der Waals surface area contributed by atoms with Gasteiger partial charge in [0, 0.05) is 0 Å². The Labute approximate surface area is 136 Å². The van der Waals surface area contributed by atoms with Crippen LogP contribution in [0.4, 0.5) is 0 Å². The van der Waals surface area contributed by atoms with Crippen LogP contribution in [0.25, 0.3) is 0 Å². The van der Waals surface area contributed by atoms with Crippen LogP contribution in [0.2, 0.25) is 0 Å². The van der Waals surface area contributed by atoms with Crippen LogP contribution in [0.5, 0.6) is 17.2 Å². The molecule has 0 saturated heterocycles. The van der Waals surface area contributed by atoms with E-state index >= 15 is 0 Å². The van der Waals surface area contributed by atoms with Gasteiger partial charge < -0.3 is 19.5 Å². The van der Waals surface area contributed by atoms with Gasteiger partial charge >= 0.3 is 0 Å². The summed E-state index contributed by atoms with van der Waals surface area (Å²) >= 11 is 0. The topological polar surface area (TPSA) is 56.8 Å². The number of carbonyl (C=O) groups excluding carboxylic acids is 1. The standard InChI is InChI=1S/C18H21NO4/c1-21-15-7-5-14(6-8-15)16(19-12-20)10-13-4-9-17(22-2)18(11-13)23-3/h4-9,11-12,16H,10H2,1-3H3,(H,19,20). The van der Waals surface area contributed by atoms with E-state index in [0.29, 0.717) is 17.9 Å². The molecule has 5 heteroatoms. The van der Waals surface area contributed by atoms with Gasteiger partial charge in [0.1, 0.15) is 5.75 Å². The van der Waals surface area contributed by atoms with E-state index in [4.69, 9.17) is 14.2 Å². The number of benzene rings is 2. The molecule has 1 amide bonds. The van der Waals surface area contributed by atoms with Crippen molar-refractivity contribution in [3.8, 4) is 17.2 Å². The van der Waals surface area contributed by atoms with E-state index in [1.54, 1.807) is 21.3 Å². The van der Waals surface area contributed by atoms with Crippen molar-refractivity contribution in [2.45, 2.75) is 12.5 Å². The highest BCUT2D eigenvalue weighted by molar-refractivity contribution is 5.49. The van der Waals surface area contributed by atoms with Gasteiger partial charge in [0.25, 0.3) is 0 Å². The first kappa shape index (κ1) is 16.7. The molecular formula is C18H21NO4. The monoisotopic (exact) mass is 315 g/mol. The normalized spacial score (nSPS) is 11.4. The van der Waals surface area contributed by atoms with E-state index in [2.05, 4.69) is 5.32 Å². The van der Waals surface area contributed by atoms with Crippen LogP contribution in [-0.4, -0.2) is 27.7 Å². The lowest BCUT2D eigenvalue weighted by atomic mass is 9.98. The average Bonchev–Trinajstić information content (AvgIpc) is 2.61. The van der Waals surface area contributed by atoms with Crippen molar-refractivity contribution >= 4 is 6.41 Å². The molecule has 2 rings (SSSR count). The molecule has 0 aliphatic rings. The molecule has 0 saturated carbocycles. The Morgan fingerprint density at radius 2 is 1.65 bits per heavy atom. The lowest BCUT2D eigenvalue weighted by molar-refractivity contribution is -0.110. The molecule has 0 aliphatic carbocycles. The molecular weight excluding hydrogens is 294 g/mol. The summed E-state index contributed by atoms with van der Waals surface area (Å²) in [6.45, 7) is 0. The number of ether oxygens (including phenoxy) is 3. The summed E-state index contributed by atoms with van der Waals surface area (Å²) in [7, 11) is 4.83. The number of methoxy groups -OCH3 is 3. The second kappa shape index (κ2) is 8.08. The smallest absolute Gasteiger partial charge is 0.207 e. The van der Waals surface area contributed by atoms with E-state index in [1.165, 1.54) is 0 Å². The van der Waals surface area contributed by atoms with Gasteiger partial charge in [-0.2, -0.15) is 0 Å². The Morgan fingerprint density at radius 1 is 0.957 bits per heavy atom. The molecule has 23 heavy (non-hydrogen) atoms. The summed E-state index contributed by atoms with van der Waals surface area (Å²) < 4.78 is 15.7. The van der Waals surface area contributed by atoms with E-state index in [-0.39, 0.29) is 6.04 Å². The number of nitrogens with one attached hydrogen (secondary N) is 1. The minimum atomic E-state index is -0.128. The van der Waals surface area contributed by atoms with Crippen LogP contribution < -0.4 is 19.5 Å². The Balaban J connectivity index is 2.22. The fourth-order valence-electron chi connectivity index (χ4n) is 2.43. The van der Waals surface area contributed by atoms with Crippen LogP contribution in [0.15, 0.2) is 42.5 Å². The predicted octanol–water partition coefficient (Wildman–Crippen LogP) is 2.74. The van der Waals surface area contributed by atoms with Crippen molar-refractivity contribution in [2.24, 2.45) is 0 Å². The zero-order valence-electron chi connectivity index (χ0n) is 13.5. The van der Waals surface area contributed by atoms with E-state index in [1.807, 2.05) is 42.5 Å². The molecule has 0 bridgehead atoms. The summed E-state index contributed by atoms with van der Waals surface area (Å²) in [5, 5.41) is 2.86. The molecule has 122 valence electrons. The molecule has 1 unspecified atom stereocenters. The van der Waals surface area contributed by atoms with Crippen LogP contribution in [0.1, 0.15) is 17.2 Å². The van der Waals surface area contributed by atoms with E-state index in [0.717, 1.165) is 23.3 Å². The number of hydrogen-bond acceptors (Lipinski definition) is 4. The van der Waals surface area contributed by atoms with Gasteiger partial charge in [0.05, 0.1) is 27.4 Å². The Morgan fingerprint density at radius 3 is 2.22 bits per heavy atom. The lowest BCUT2D eigenvalue weighted by Crippen LogP contribution is -2.21. The molecule has 0 heterocycles. The third-order valence-corrected chi connectivity index (χ3v) is 3.68. The third-order valence-electron chi connectivity index (χ3n) is 3.68. The second-order valence-corrected chi connectivity index (χ2v) is 5.00. The number of hydrogen-bond donors (Lipinski definition) is 1. The lowest BCUT2D eigenvalue weighted by Gasteiger charge is -2.18. The molecule has 0 aliphatic heterocycles. The van der Waals surface area contributed by atoms with Crippen molar-refractivity contribution in [1.82, 2.24) is 5.32 Å². The molecule has 0 spiro atoms. The second-order valence-electron chi connectivity index (χ2n) is 5.00. The maximum absolute atomic E-state index is 10.9. The maximum Gasteiger partial charge on any atom is 0.207 e. The molecule has 0 fully saturated rings. The van der Waals surface area contributed by atoms with Crippen LogP contribution in [0, 0.1) is 0 Å². The van der Waals surface area contributed by atoms with E-state index < -0.39 is 0 Å². The molecule has 1 N–H and O–H groups in total. The summed E-state index contributed by atoms with van der Waals surface area (Å²) in [6, 6.07) is 13.3. The summed E-state index contributed by atoms with van der Waals surface area (Å²) in [5.74, 6) is 2.13. The zero-order valence-corrected chi connectivity index (χ0v) is 13.5. The van der Waals surface area contributed by atoms with Crippen molar-refractivity contribution in [2.75, 3.05) is 21.3 Å². The van der Waals surface area contributed by atoms with Gasteiger partial charge in [0.15, 0.2) is 11.5 Å². The largest absolute Gasteiger partial charge is 0.497 e.